The van der Waals surface area contributed by atoms with E-state index < -0.39 is 118 Å². The van der Waals surface area contributed by atoms with Crippen LogP contribution in [0, 0.1) is 39.4 Å². The molecule has 4 heterocycles. The minimum atomic E-state index is -1.75. The van der Waals surface area contributed by atoms with E-state index in [9.17, 15) is 43.2 Å². The summed E-state index contributed by atoms with van der Waals surface area (Å²) in [5.74, 6) is -5.78. The van der Waals surface area contributed by atoms with Crippen LogP contribution in [0.2, 0.25) is 0 Å². The number of ether oxygens (including phenoxy) is 8. The third-order valence-corrected chi connectivity index (χ3v) is 17.5. The zero-order valence-corrected chi connectivity index (χ0v) is 40.0. The molecule has 4 aliphatic heterocycles. The number of fused-ring (bicyclic) bond motifs is 5. The zero-order chi connectivity index (χ0) is 48.6. The molecule has 0 aromatic heterocycles. The van der Waals surface area contributed by atoms with E-state index in [-0.39, 0.29) is 80.8 Å². The Morgan fingerprint density at radius 2 is 1.15 bits per heavy atom. The van der Waals surface area contributed by atoms with Gasteiger partial charge in [-0.25, -0.2) is 19.2 Å². The van der Waals surface area contributed by atoms with Gasteiger partial charge in [0.25, 0.3) is 0 Å². The van der Waals surface area contributed by atoms with E-state index in [1.54, 1.807) is 0 Å². The summed E-state index contributed by atoms with van der Waals surface area (Å²) in [6.45, 7) is 15.9. The molecule has 67 heavy (non-hydrogen) atoms. The van der Waals surface area contributed by atoms with E-state index in [2.05, 4.69) is 20.8 Å². The first-order valence-electron chi connectivity index (χ1n) is 24.3. The SMILES string of the molecule is C[C@H](C[C@H](OC(=O)[C@H]1CCC(=O)O1)[C@@H](OC(=O)[C@H]1CCC(=O)O1)C(C)(C)OC(=O)[C@@H]1CCC(=O)O1)C1=C2C[C@H](OC(=O)[C@@H]3CCC(=O)O3)[C@H]3[C@@]4(C)CCC(=O)C(C)(C)[C@@H]4CC[C@]3(C)[C@@]2(C)CC1. The maximum Gasteiger partial charge on any atom is 0.348 e. The van der Waals surface area contributed by atoms with E-state index in [0.717, 1.165) is 30.4 Å². The summed E-state index contributed by atoms with van der Waals surface area (Å²) in [6.07, 6.45) is -3.31. The molecule has 0 spiro atoms. The molecular formula is C50H66O17. The largest absolute Gasteiger partial charge is 0.459 e. The number of ketones is 1. The molecule has 0 aromatic carbocycles. The van der Waals surface area contributed by atoms with Gasteiger partial charge in [0.2, 0.25) is 0 Å². The van der Waals surface area contributed by atoms with Crippen LogP contribution in [-0.4, -0.2) is 102 Å². The number of rotatable bonds is 13. The van der Waals surface area contributed by atoms with Crippen molar-refractivity contribution in [1.29, 1.82) is 0 Å². The van der Waals surface area contributed by atoms with Crippen molar-refractivity contribution >= 4 is 53.5 Å². The average molecular weight is 939 g/mol. The summed E-state index contributed by atoms with van der Waals surface area (Å²) < 4.78 is 46.1. The highest BCUT2D eigenvalue weighted by Gasteiger charge is 2.70. The van der Waals surface area contributed by atoms with Crippen LogP contribution < -0.4 is 0 Å². The Morgan fingerprint density at radius 1 is 0.642 bits per heavy atom. The van der Waals surface area contributed by atoms with Crippen molar-refractivity contribution in [2.45, 2.75) is 206 Å². The molecule has 368 valence electrons. The first-order chi connectivity index (χ1) is 31.4. The second-order valence-corrected chi connectivity index (χ2v) is 22.2. The minimum Gasteiger partial charge on any atom is -0.459 e. The monoisotopic (exact) mass is 938 g/mol. The second kappa shape index (κ2) is 17.6. The van der Waals surface area contributed by atoms with Gasteiger partial charge in [-0.1, -0.05) is 52.7 Å². The number of cyclic esters (lactones) is 4. The van der Waals surface area contributed by atoms with E-state index >= 15 is 0 Å². The Bertz CT molecular complexity index is 2150. The Hall–Kier alpha value is -4.83. The predicted molar refractivity (Wildman–Crippen MR) is 229 cm³/mol. The molecule has 0 bridgehead atoms. The number of hydrogen-bond acceptors (Lipinski definition) is 17. The summed E-state index contributed by atoms with van der Waals surface area (Å²) in [6, 6.07) is 0. The molecular weight excluding hydrogens is 873 g/mol. The van der Waals surface area contributed by atoms with Gasteiger partial charge in [-0.3, -0.25) is 24.0 Å². The zero-order valence-electron chi connectivity index (χ0n) is 40.0. The number of Topliss-reactive ketones (excluding diaryl/α,β-unsaturated/α-hetero) is 1. The first-order valence-corrected chi connectivity index (χ1v) is 24.3. The van der Waals surface area contributed by atoms with Crippen molar-refractivity contribution in [3.05, 3.63) is 11.1 Å². The first kappa shape index (κ1) is 48.6. The molecule has 8 aliphatic rings. The van der Waals surface area contributed by atoms with Crippen LogP contribution in [0.3, 0.4) is 0 Å². The van der Waals surface area contributed by atoms with Crippen molar-refractivity contribution in [1.82, 2.24) is 0 Å². The topological polar surface area (TPSA) is 227 Å². The smallest absolute Gasteiger partial charge is 0.348 e. The lowest BCUT2D eigenvalue weighted by atomic mass is 9.36. The van der Waals surface area contributed by atoms with Crippen LogP contribution in [0.15, 0.2) is 11.1 Å². The molecule has 4 aliphatic carbocycles. The third kappa shape index (κ3) is 8.67. The van der Waals surface area contributed by atoms with Gasteiger partial charge in [-0.2, -0.15) is 0 Å². The van der Waals surface area contributed by atoms with Gasteiger partial charge in [0.15, 0.2) is 30.5 Å². The van der Waals surface area contributed by atoms with Gasteiger partial charge in [0.05, 0.1) is 0 Å². The van der Waals surface area contributed by atoms with Crippen LogP contribution in [0.25, 0.3) is 0 Å². The standard InChI is InChI=1S/C50H66O17/c1-25(23-33(65-43(57)29-10-14-37(53)61-29)41(66-44(58)30-11-15-38(54)62-30)47(4,5)67-45(59)31-12-16-39(55)63-31)26-17-21-49(7)27(26)24-32(64-42(56)28-9-13-36(52)60-28)40-48(6)20-19-35(51)46(2,3)34(48)18-22-50(40,49)8/h25,28-34,40-41H,9-24H2,1-8H3/t25-,28+,29-,30-,31+,32+,33+,34+,40+,41-,48+,49+,50+/m1/s1. The molecule has 17 heteroatoms. The highest BCUT2D eigenvalue weighted by molar-refractivity contribution is 5.86. The second-order valence-electron chi connectivity index (χ2n) is 22.2. The maximum absolute atomic E-state index is 14.0. The van der Waals surface area contributed by atoms with Gasteiger partial charge >= 0.3 is 47.8 Å². The fourth-order valence-corrected chi connectivity index (χ4v) is 13.9. The van der Waals surface area contributed by atoms with Gasteiger partial charge < -0.3 is 37.9 Å². The molecule has 7 fully saturated rings. The lowest BCUT2D eigenvalue weighted by Crippen LogP contribution is -2.66. The van der Waals surface area contributed by atoms with E-state index in [1.165, 1.54) is 13.8 Å². The Balaban J connectivity index is 1.17. The van der Waals surface area contributed by atoms with Crippen molar-refractivity contribution in [2.24, 2.45) is 39.4 Å². The molecule has 17 nitrogen and oxygen atoms in total. The molecule has 0 unspecified atom stereocenters. The van der Waals surface area contributed by atoms with Crippen molar-refractivity contribution in [3.8, 4) is 0 Å². The van der Waals surface area contributed by atoms with Gasteiger partial charge in [0.1, 0.15) is 23.6 Å². The molecule has 4 saturated heterocycles. The fraction of sp³-hybridized carbons (Fsp3) is 0.780. The Labute approximate surface area is 390 Å². The molecule has 13 atom stereocenters. The van der Waals surface area contributed by atoms with Crippen LogP contribution in [-0.2, 0) is 81.0 Å². The number of hydrogen-bond donors (Lipinski definition) is 0. The van der Waals surface area contributed by atoms with Gasteiger partial charge in [-0.05, 0) is 80.5 Å². The third-order valence-electron chi connectivity index (χ3n) is 17.5. The molecule has 3 saturated carbocycles. The van der Waals surface area contributed by atoms with Crippen LogP contribution >= 0.6 is 0 Å². The van der Waals surface area contributed by atoms with Crippen molar-refractivity contribution in [2.75, 3.05) is 0 Å². The number of esters is 8. The van der Waals surface area contributed by atoms with Gasteiger partial charge in [0, 0.05) is 75.5 Å². The molecule has 0 amide bonds. The van der Waals surface area contributed by atoms with E-state index in [0.29, 0.717) is 25.7 Å². The summed E-state index contributed by atoms with van der Waals surface area (Å²) >= 11 is 0. The number of allylic oxidation sites excluding steroid dienone is 1. The normalized spacial score (nSPS) is 36.9. The van der Waals surface area contributed by atoms with Crippen LogP contribution in [0.1, 0.15) is 158 Å². The highest BCUT2D eigenvalue weighted by atomic mass is 16.7. The quantitative estimate of drug-likeness (QED) is 0.120. The molecule has 0 aromatic rings. The highest BCUT2D eigenvalue weighted by Crippen LogP contribution is 2.74. The fourth-order valence-electron chi connectivity index (χ4n) is 13.9. The van der Waals surface area contributed by atoms with Crippen LogP contribution in [0.5, 0.6) is 0 Å². The summed E-state index contributed by atoms with van der Waals surface area (Å²) in [5, 5.41) is 0. The maximum atomic E-state index is 14.0. The lowest BCUT2D eigenvalue weighted by Gasteiger charge is -2.69. The van der Waals surface area contributed by atoms with Crippen molar-refractivity contribution < 1.29 is 81.0 Å². The Morgan fingerprint density at radius 3 is 1.67 bits per heavy atom. The summed E-state index contributed by atoms with van der Waals surface area (Å²) in [5.41, 5.74) is -1.39. The molecule has 0 radical (unpaired) electrons. The average Bonchev–Trinajstić information content (AvgIpc) is 4.11. The Kier molecular flexibility index (Phi) is 12.8. The number of carbonyl (C=O) groups is 9. The minimum absolute atomic E-state index is 0.00521. The van der Waals surface area contributed by atoms with E-state index in [1.807, 2.05) is 20.8 Å². The lowest BCUT2D eigenvalue weighted by molar-refractivity contribution is -0.221. The van der Waals surface area contributed by atoms with E-state index in [4.69, 9.17) is 37.9 Å². The molecule has 8 rings (SSSR count). The summed E-state index contributed by atoms with van der Waals surface area (Å²) in [4.78, 5) is 117. The number of carbonyl (C=O) groups excluding carboxylic acids is 9. The molecule has 0 N–H and O–H groups in total. The summed E-state index contributed by atoms with van der Waals surface area (Å²) in [7, 11) is 0. The van der Waals surface area contributed by atoms with Gasteiger partial charge in [-0.15, -0.1) is 0 Å². The van der Waals surface area contributed by atoms with Crippen LogP contribution in [0.4, 0.5) is 0 Å². The predicted octanol–water partition coefficient (Wildman–Crippen LogP) is 5.82. The van der Waals surface area contributed by atoms with Crippen molar-refractivity contribution in [3.63, 3.8) is 0 Å².